The lowest BCUT2D eigenvalue weighted by molar-refractivity contribution is 0.167. The smallest absolute Gasteiger partial charge is 0.0465 e. The first-order valence-electron chi connectivity index (χ1n) is 5.37. The maximum absolute atomic E-state index is 5.11. The third-order valence-corrected chi connectivity index (χ3v) is 3.36. The Labute approximate surface area is 82.0 Å². The van der Waals surface area contributed by atoms with Crippen LogP contribution < -0.4 is 5.32 Å². The first-order chi connectivity index (χ1) is 6.20. The number of methoxy groups -OCH3 is 1. The van der Waals surface area contributed by atoms with Crippen LogP contribution in [0.4, 0.5) is 0 Å². The van der Waals surface area contributed by atoms with E-state index in [1.165, 1.54) is 12.8 Å². The lowest BCUT2D eigenvalue weighted by Gasteiger charge is -2.23. The Kier molecular flexibility index (Phi) is 4.20. The first-order valence-corrected chi connectivity index (χ1v) is 5.37. The maximum atomic E-state index is 5.11. The number of rotatable bonds is 6. The van der Waals surface area contributed by atoms with Crippen LogP contribution in [0.5, 0.6) is 0 Å². The molecule has 1 fully saturated rings. The summed E-state index contributed by atoms with van der Waals surface area (Å²) in [5.41, 5.74) is 0. The third kappa shape index (κ3) is 2.96. The monoisotopic (exact) mass is 185 g/mol. The average Bonchev–Trinajstić information content (AvgIpc) is 2.80. The summed E-state index contributed by atoms with van der Waals surface area (Å²) in [5, 5.41) is 3.45. The minimum atomic E-state index is 0.699. The van der Waals surface area contributed by atoms with Crippen molar-refractivity contribution in [3.05, 3.63) is 0 Å². The molecule has 2 heteroatoms. The molecule has 0 aromatic rings. The van der Waals surface area contributed by atoms with E-state index in [4.69, 9.17) is 4.74 Å². The van der Waals surface area contributed by atoms with Crippen LogP contribution in [0.15, 0.2) is 0 Å². The minimum absolute atomic E-state index is 0.699. The Bertz CT molecular complexity index is 149. The van der Waals surface area contributed by atoms with Crippen molar-refractivity contribution in [1.29, 1.82) is 0 Å². The van der Waals surface area contributed by atoms with Crippen molar-refractivity contribution in [1.82, 2.24) is 5.32 Å². The van der Waals surface area contributed by atoms with Crippen LogP contribution in [0.2, 0.25) is 0 Å². The number of hydrogen-bond donors (Lipinski definition) is 1. The highest BCUT2D eigenvalue weighted by Gasteiger charge is 2.40. The number of ether oxygens (including phenoxy) is 1. The first kappa shape index (κ1) is 11.0. The highest BCUT2D eigenvalue weighted by atomic mass is 16.5. The van der Waals surface area contributed by atoms with E-state index in [1.54, 1.807) is 7.11 Å². The maximum Gasteiger partial charge on any atom is 0.0465 e. The predicted molar refractivity (Wildman–Crippen MR) is 55.8 cm³/mol. The molecule has 1 aliphatic carbocycles. The largest absolute Gasteiger partial charge is 0.385 e. The van der Waals surface area contributed by atoms with Gasteiger partial charge in [0, 0.05) is 19.8 Å². The van der Waals surface area contributed by atoms with E-state index in [2.05, 4.69) is 26.2 Å². The molecular formula is C11H23NO. The van der Waals surface area contributed by atoms with Crippen LogP contribution >= 0.6 is 0 Å². The minimum Gasteiger partial charge on any atom is -0.385 e. The highest BCUT2D eigenvalue weighted by molar-refractivity contribution is 4.93. The van der Waals surface area contributed by atoms with Gasteiger partial charge in [0.05, 0.1) is 0 Å². The molecule has 0 spiro atoms. The number of nitrogens with one attached hydrogen (secondary N) is 1. The van der Waals surface area contributed by atoms with Crippen LogP contribution in [0.25, 0.3) is 0 Å². The van der Waals surface area contributed by atoms with E-state index in [9.17, 15) is 0 Å². The van der Waals surface area contributed by atoms with E-state index >= 15 is 0 Å². The van der Waals surface area contributed by atoms with Gasteiger partial charge in [-0.05, 0) is 37.6 Å². The molecule has 0 amide bonds. The van der Waals surface area contributed by atoms with E-state index in [-0.39, 0.29) is 0 Å². The zero-order valence-electron chi connectivity index (χ0n) is 9.34. The van der Waals surface area contributed by atoms with Gasteiger partial charge in [-0.3, -0.25) is 0 Å². The molecule has 78 valence electrons. The quantitative estimate of drug-likeness (QED) is 0.682. The van der Waals surface area contributed by atoms with Crippen LogP contribution in [0, 0.1) is 17.8 Å². The van der Waals surface area contributed by atoms with Crippen molar-refractivity contribution in [2.24, 2.45) is 17.8 Å². The normalized spacial score (nSPS) is 31.4. The second-order valence-electron chi connectivity index (χ2n) is 4.45. The average molecular weight is 185 g/mol. The molecule has 0 saturated heterocycles. The molecule has 0 radical (unpaired) electrons. The van der Waals surface area contributed by atoms with E-state index in [0.717, 1.165) is 24.4 Å². The van der Waals surface area contributed by atoms with Crippen LogP contribution in [-0.2, 0) is 4.74 Å². The van der Waals surface area contributed by atoms with Gasteiger partial charge in [0.2, 0.25) is 0 Å². The summed E-state index contributed by atoms with van der Waals surface area (Å²) >= 11 is 0. The predicted octanol–water partition coefficient (Wildman–Crippen LogP) is 1.90. The highest BCUT2D eigenvalue weighted by Crippen LogP contribution is 2.43. The van der Waals surface area contributed by atoms with Crippen LogP contribution in [0.3, 0.4) is 0 Å². The van der Waals surface area contributed by atoms with E-state index in [1.807, 2.05) is 0 Å². The van der Waals surface area contributed by atoms with Gasteiger partial charge in [0.25, 0.3) is 0 Å². The SMILES string of the molecule is CNC(C(C)CCOC)C1CC1C. The molecular weight excluding hydrogens is 162 g/mol. The number of hydrogen-bond acceptors (Lipinski definition) is 2. The Morgan fingerprint density at radius 1 is 1.54 bits per heavy atom. The fourth-order valence-corrected chi connectivity index (χ4v) is 2.26. The Morgan fingerprint density at radius 2 is 2.15 bits per heavy atom. The molecule has 0 aromatic heterocycles. The van der Waals surface area contributed by atoms with Crippen molar-refractivity contribution in [3.63, 3.8) is 0 Å². The Hall–Kier alpha value is -0.0800. The molecule has 1 aliphatic rings. The molecule has 1 saturated carbocycles. The Morgan fingerprint density at radius 3 is 2.54 bits per heavy atom. The van der Waals surface area contributed by atoms with E-state index < -0.39 is 0 Å². The lowest BCUT2D eigenvalue weighted by Crippen LogP contribution is -2.35. The van der Waals surface area contributed by atoms with Crippen molar-refractivity contribution < 1.29 is 4.74 Å². The van der Waals surface area contributed by atoms with Crippen molar-refractivity contribution in [3.8, 4) is 0 Å². The standard InChI is InChI=1S/C11H23NO/c1-8(5-6-13-4)11(12-3)10-7-9(10)2/h8-12H,5-7H2,1-4H3. The summed E-state index contributed by atoms with van der Waals surface area (Å²) in [6.07, 6.45) is 2.58. The van der Waals surface area contributed by atoms with Crippen molar-refractivity contribution in [2.75, 3.05) is 20.8 Å². The van der Waals surface area contributed by atoms with Crippen LogP contribution in [0.1, 0.15) is 26.7 Å². The third-order valence-electron chi connectivity index (χ3n) is 3.36. The topological polar surface area (TPSA) is 21.3 Å². The summed E-state index contributed by atoms with van der Waals surface area (Å²) in [6, 6.07) is 0.699. The molecule has 0 aliphatic heterocycles. The molecule has 2 nitrogen and oxygen atoms in total. The fourth-order valence-electron chi connectivity index (χ4n) is 2.26. The summed E-state index contributed by atoms with van der Waals surface area (Å²) in [4.78, 5) is 0. The zero-order chi connectivity index (χ0) is 9.84. The van der Waals surface area contributed by atoms with Crippen molar-refractivity contribution >= 4 is 0 Å². The molecule has 1 N–H and O–H groups in total. The van der Waals surface area contributed by atoms with Gasteiger partial charge in [0.1, 0.15) is 0 Å². The summed E-state index contributed by atoms with van der Waals surface area (Å²) in [5.74, 6) is 2.58. The van der Waals surface area contributed by atoms with Gasteiger partial charge in [0.15, 0.2) is 0 Å². The molecule has 0 heterocycles. The second kappa shape index (κ2) is 4.97. The Balaban J connectivity index is 2.28. The van der Waals surface area contributed by atoms with Gasteiger partial charge in [-0.15, -0.1) is 0 Å². The summed E-state index contributed by atoms with van der Waals surface area (Å²) in [7, 11) is 3.86. The molecule has 4 atom stereocenters. The van der Waals surface area contributed by atoms with E-state index in [0.29, 0.717) is 6.04 Å². The van der Waals surface area contributed by atoms with Gasteiger partial charge >= 0.3 is 0 Å². The molecule has 1 rings (SSSR count). The van der Waals surface area contributed by atoms with Gasteiger partial charge < -0.3 is 10.1 Å². The zero-order valence-corrected chi connectivity index (χ0v) is 9.34. The molecule has 13 heavy (non-hydrogen) atoms. The van der Waals surface area contributed by atoms with Crippen LogP contribution in [-0.4, -0.2) is 26.8 Å². The summed E-state index contributed by atoms with van der Waals surface area (Å²) < 4.78 is 5.11. The lowest BCUT2D eigenvalue weighted by atomic mass is 9.94. The molecule has 0 bridgehead atoms. The molecule has 0 aromatic carbocycles. The second-order valence-corrected chi connectivity index (χ2v) is 4.45. The van der Waals surface area contributed by atoms with Crippen molar-refractivity contribution in [2.45, 2.75) is 32.7 Å². The van der Waals surface area contributed by atoms with Gasteiger partial charge in [-0.25, -0.2) is 0 Å². The molecule has 4 unspecified atom stereocenters. The van der Waals surface area contributed by atoms with Gasteiger partial charge in [-0.2, -0.15) is 0 Å². The summed E-state index contributed by atoms with van der Waals surface area (Å²) in [6.45, 7) is 5.56. The van der Waals surface area contributed by atoms with Gasteiger partial charge in [-0.1, -0.05) is 13.8 Å². The fraction of sp³-hybridized carbons (Fsp3) is 1.00.